The van der Waals surface area contributed by atoms with E-state index >= 15 is 0 Å². The number of hydrogen-bond donors (Lipinski definition) is 2. The van der Waals surface area contributed by atoms with Crippen LogP contribution < -0.4 is 29.0 Å². The van der Waals surface area contributed by atoms with Gasteiger partial charge in [0.2, 0.25) is 15.9 Å². The number of carbonyl (C=O) groups excluding carboxylic acids is 1. The van der Waals surface area contributed by atoms with Crippen molar-refractivity contribution in [3.05, 3.63) is 72.3 Å². The number of carbonyl (C=O) groups is 1. The molecule has 0 heterocycles. The minimum Gasteiger partial charge on any atom is -0.497 e. The third-order valence-corrected chi connectivity index (χ3v) is 6.70. The molecule has 0 aliphatic carbocycles. The van der Waals surface area contributed by atoms with E-state index in [1.165, 1.54) is 46.6 Å². The molecule has 9 nitrogen and oxygen atoms in total. The Hall–Kier alpha value is -3.76. The predicted molar refractivity (Wildman–Crippen MR) is 132 cm³/mol. The molecule has 0 radical (unpaired) electrons. The first-order chi connectivity index (χ1) is 16.8. The molecule has 35 heavy (non-hydrogen) atoms. The number of nitrogens with one attached hydrogen (secondary N) is 2. The summed E-state index contributed by atoms with van der Waals surface area (Å²) in [6.45, 7) is 0. The van der Waals surface area contributed by atoms with Crippen LogP contribution in [-0.4, -0.2) is 48.8 Å². The van der Waals surface area contributed by atoms with Crippen LogP contribution in [-0.2, 0) is 21.2 Å². The van der Waals surface area contributed by atoms with E-state index in [1.54, 1.807) is 18.2 Å². The third-order valence-electron chi connectivity index (χ3n) is 5.23. The van der Waals surface area contributed by atoms with Crippen LogP contribution in [0.4, 0.5) is 5.69 Å². The zero-order valence-corrected chi connectivity index (χ0v) is 20.7. The largest absolute Gasteiger partial charge is 0.497 e. The van der Waals surface area contributed by atoms with Crippen molar-refractivity contribution in [2.75, 3.05) is 33.8 Å². The molecule has 3 aromatic carbocycles. The second kappa shape index (κ2) is 11.6. The number of ether oxygens (including phenoxy) is 4. The quantitative estimate of drug-likeness (QED) is 0.416. The number of hydrogen-bond acceptors (Lipinski definition) is 7. The summed E-state index contributed by atoms with van der Waals surface area (Å²) in [5.41, 5.74) is 1.16. The lowest BCUT2D eigenvalue weighted by molar-refractivity contribution is -0.117. The molecule has 0 saturated heterocycles. The van der Waals surface area contributed by atoms with Crippen molar-refractivity contribution >= 4 is 21.6 Å². The van der Waals surface area contributed by atoms with Gasteiger partial charge in [0.05, 0.1) is 39.0 Å². The van der Waals surface area contributed by atoms with Crippen molar-refractivity contribution < 1.29 is 32.2 Å². The number of amides is 1. The first-order valence-electron chi connectivity index (χ1n) is 10.6. The van der Waals surface area contributed by atoms with Gasteiger partial charge in [-0.15, -0.1) is 0 Å². The van der Waals surface area contributed by atoms with Crippen molar-refractivity contribution in [2.24, 2.45) is 0 Å². The van der Waals surface area contributed by atoms with Crippen LogP contribution in [0.1, 0.15) is 5.56 Å². The molecule has 0 aliphatic rings. The number of methoxy groups -OCH3 is 4. The molecule has 186 valence electrons. The van der Waals surface area contributed by atoms with E-state index in [0.717, 1.165) is 5.56 Å². The highest BCUT2D eigenvalue weighted by Crippen LogP contribution is 2.31. The summed E-state index contributed by atoms with van der Waals surface area (Å²) >= 11 is 0. The molecule has 0 fully saturated rings. The first-order valence-corrected chi connectivity index (χ1v) is 12.1. The Kier molecular flexibility index (Phi) is 8.56. The van der Waals surface area contributed by atoms with Gasteiger partial charge in [0.25, 0.3) is 0 Å². The van der Waals surface area contributed by atoms with Gasteiger partial charge in [-0.3, -0.25) is 4.79 Å². The van der Waals surface area contributed by atoms with Gasteiger partial charge in [0.1, 0.15) is 17.5 Å². The molecule has 1 atom stereocenters. The maximum absolute atomic E-state index is 13.3. The molecule has 3 aromatic rings. The minimum absolute atomic E-state index is 0.0666. The summed E-state index contributed by atoms with van der Waals surface area (Å²) in [5, 5.41) is 2.76. The average molecular weight is 501 g/mol. The van der Waals surface area contributed by atoms with E-state index in [2.05, 4.69) is 10.0 Å². The van der Waals surface area contributed by atoms with Gasteiger partial charge in [-0.1, -0.05) is 30.3 Å². The zero-order chi connectivity index (χ0) is 25.4. The fraction of sp³-hybridized carbons (Fsp3) is 0.240. The van der Waals surface area contributed by atoms with E-state index in [4.69, 9.17) is 18.9 Å². The third kappa shape index (κ3) is 6.43. The summed E-state index contributed by atoms with van der Waals surface area (Å²) in [4.78, 5) is 13.2. The molecular weight excluding hydrogens is 472 g/mol. The smallest absolute Gasteiger partial charge is 0.243 e. The van der Waals surface area contributed by atoms with E-state index < -0.39 is 22.0 Å². The monoisotopic (exact) mass is 500 g/mol. The first kappa shape index (κ1) is 25.9. The van der Waals surface area contributed by atoms with Crippen LogP contribution in [0.15, 0.2) is 71.6 Å². The van der Waals surface area contributed by atoms with Crippen LogP contribution in [0.25, 0.3) is 0 Å². The standard InChI is InChI=1S/C25H28N2O7S/c1-31-18-10-12-20(23(15-18)33-3)26-25(28)21(14-17-8-6-5-7-9-17)27-35(29,30)19-11-13-22(32-2)24(16-19)34-4/h5-13,15-16,21,27H,14H2,1-4H3,(H,26,28). The molecule has 3 rings (SSSR count). The fourth-order valence-electron chi connectivity index (χ4n) is 3.40. The molecular formula is C25H28N2O7S. The van der Waals surface area contributed by atoms with E-state index in [0.29, 0.717) is 22.9 Å². The van der Waals surface area contributed by atoms with Crippen LogP contribution in [0.3, 0.4) is 0 Å². The SMILES string of the molecule is COc1ccc(NC(=O)C(Cc2ccccc2)NS(=O)(=O)c2ccc(OC)c(OC)c2)c(OC)c1. The van der Waals surface area contributed by atoms with Gasteiger partial charge in [0, 0.05) is 12.1 Å². The van der Waals surface area contributed by atoms with Crippen LogP contribution in [0, 0.1) is 0 Å². The molecule has 0 aromatic heterocycles. The lowest BCUT2D eigenvalue weighted by Gasteiger charge is -2.20. The Morgan fingerprint density at radius 1 is 0.800 bits per heavy atom. The number of sulfonamides is 1. The summed E-state index contributed by atoms with van der Waals surface area (Å²) in [6.07, 6.45) is 0.123. The normalized spacial score (nSPS) is 11.9. The van der Waals surface area contributed by atoms with Gasteiger partial charge < -0.3 is 24.3 Å². The van der Waals surface area contributed by atoms with E-state index in [9.17, 15) is 13.2 Å². The Balaban J connectivity index is 1.92. The van der Waals surface area contributed by atoms with Crippen LogP contribution in [0.5, 0.6) is 23.0 Å². The molecule has 0 aliphatic heterocycles. The molecule has 0 spiro atoms. The van der Waals surface area contributed by atoms with Gasteiger partial charge in [-0.25, -0.2) is 8.42 Å². The molecule has 1 amide bonds. The van der Waals surface area contributed by atoms with Crippen molar-refractivity contribution in [3.63, 3.8) is 0 Å². The highest BCUT2D eigenvalue weighted by atomic mass is 32.2. The Morgan fingerprint density at radius 3 is 2.11 bits per heavy atom. The molecule has 0 saturated carbocycles. The molecule has 2 N–H and O–H groups in total. The minimum atomic E-state index is -4.10. The van der Waals surface area contributed by atoms with Crippen LogP contribution in [0.2, 0.25) is 0 Å². The Morgan fingerprint density at radius 2 is 1.49 bits per heavy atom. The lowest BCUT2D eigenvalue weighted by Crippen LogP contribution is -2.45. The summed E-state index contributed by atoms with van der Waals surface area (Å²) in [6, 6.07) is 17.1. The Bertz CT molecular complexity index is 1260. The van der Waals surface area contributed by atoms with Gasteiger partial charge in [-0.05, 0) is 36.2 Å². The second-order valence-corrected chi connectivity index (χ2v) is 9.15. The van der Waals surface area contributed by atoms with Gasteiger partial charge in [0.15, 0.2) is 11.5 Å². The van der Waals surface area contributed by atoms with Crippen molar-refractivity contribution in [1.29, 1.82) is 0 Å². The molecule has 10 heteroatoms. The summed E-state index contributed by atoms with van der Waals surface area (Å²) in [5.74, 6) is 1.01. The fourth-order valence-corrected chi connectivity index (χ4v) is 4.61. The van der Waals surface area contributed by atoms with Crippen LogP contribution >= 0.6 is 0 Å². The maximum atomic E-state index is 13.3. The highest BCUT2D eigenvalue weighted by molar-refractivity contribution is 7.89. The van der Waals surface area contributed by atoms with Gasteiger partial charge >= 0.3 is 0 Å². The zero-order valence-electron chi connectivity index (χ0n) is 19.9. The number of anilines is 1. The van der Waals surface area contributed by atoms with Crippen molar-refractivity contribution in [1.82, 2.24) is 4.72 Å². The summed E-state index contributed by atoms with van der Waals surface area (Å²) < 4.78 is 49.9. The molecule has 1 unspecified atom stereocenters. The topological polar surface area (TPSA) is 112 Å². The number of rotatable bonds is 11. The molecule has 0 bridgehead atoms. The van der Waals surface area contributed by atoms with Gasteiger partial charge in [-0.2, -0.15) is 4.72 Å². The average Bonchev–Trinajstić information content (AvgIpc) is 2.88. The van der Waals surface area contributed by atoms with Crippen molar-refractivity contribution in [2.45, 2.75) is 17.4 Å². The second-order valence-electron chi connectivity index (χ2n) is 7.44. The lowest BCUT2D eigenvalue weighted by atomic mass is 10.1. The highest BCUT2D eigenvalue weighted by Gasteiger charge is 2.27. The summed E-state index contributed by atoms with van der Waals surface area (Å²) in [7, 11) is 1.75. The van der Waals surface area contributed by atoms with E-state index in [-0.39, 0.29) is 17.1 Å². The number of benzene rings is 3. The van der Waals surface area contributed by atoms with E-state index in [1.807, 2.05) is 30.3 Å². The Labute approximate surface area is 205 Å². The maximum Gasteiger partial charge on any atom is 0.243 e. The predicted octanol–water partition coefficient (Wildman–Crippen LogP) is 3.25. The van der Waals surface area contributed by atoms with Crippen molar-refractivity contribution in [3.8, 4) is 23.0 Å².